The minimum absolute atomic E-state index is 0. The van der Waals surface area contributed by atoms with E-state index in [1.54, 1.807) is 12.1 Å². The molecule has 0 unspecified atom stereocenters. The molecule has 0 aromatic heterocycles. The first-order valence-corrected chi connectivity index (χ1v) is 10.6. The zero-order valence-corrected chi connectivity index (χ0v) is 23.8. The Hall–Kier alpha value is -1.85. The number of benzene rings is 1. The molecule has 0 amide bonds. The maximum Gasteiger partial charge on any atom is 0.327 e. The summed E-state index contributed by atoms with van der Waals surface area (Å²) in [6.45, 7) is 3.65. The van der Waals surface area contributed by atoms with Gasteiger partial charge >= 0.3 is 11.9 Å². The third-order valence-corrected chi connectivity index (χ3v) is 4.69. The molecule has 1 rings (SSSR count). The van der Waals surface area contributed by atoms with Crippen molar-refractivity contribution in [3.05, 3.63) is 72.2 Å². The van der Waals surface area contributed by atoms with E-state index in [-0.39, 0.29) is 51.6 Å². The summed E-state index contributed by atoms with van der Waals surface area (Å²) in [5, 5.41) is 0. The number of hydrogen-bond acceptors (Lipinski definition) is 10. The SMILES string of the molecule is [CH2-]C=O.[CH2-]OC.[CH2-]OC.[CH2-]OC(=O)C[N+]([CH2-])(CCOS(=O)(=O)c1ccc(C)cc1)CC(=O)O[CH2-].[Re]. The molecule has 1 radical (unpaired) electrons. The summed E-state index contributed by atoms with van der Waals surface area (Å²) in [6, 6.07) is 6.15. The second-order valence-corrected chi connectivity index (χ2v) is 7.86. The molecule has 205 valence electrons. The number of hydrogen-bond donors (Lipinski definition) is 0. The average molecular weight is 691 g/mol. The molecule has 0 saturated carbocycles. The third kappa shape index (κ3) is 22.4. The molecule has 0 saturated heterocycles. The quantitative estimate of drug-likeness (QED) is 0.124. The molecule has 0 atom stereocenters. The summed E-state index contributed by atoms with van der Waals surface area (Å²) in [5.74, 6) is -1.43. The van der Waals surface area contributed by atoms with Crippen LogP contribution in [0.5, 0.6) is 0 Å². The molecule has 13 heteroatoms. The van der Waals surface area contributed by atoms with Crippen LogP contribution in [0.15, 0.2) is 29.2 Å². The van der Waals surface area contributed by atoms with Crippen molar-refractivity contribution in [2.45, 2.75) is 11.8 Å². The van der Waals surface area contributed by atoms with Gasteiger partial charge in [-0.05, 0) is 39.6 Å². The standard InChI is InChI=1S/C16H21NO7S.2C2H5O.C2H3O.Re/c1-13-5-7-14(8-6-13)25(20,21)24-10-9-17(2,11-15(18)22-3)12-16(19)23-4;2*1-3-2;1-2-3;/h5-8H,2-4,9-12H2,1H3;2*1H2,2H3;2H,1H2;/q-2;3*-1;. The number of nitrogens with zero attached hydrogens (tertiary/aromatic N) is 1. The van der Waals surface area contributed by atoms with E-state index in [4.69, 9.17) is 8.98 Å². The van der Waals surface area contributed by atoms with Gasteiger partial charge in [0, 0.05) is 20.4 Å². The molecule has 11 nitrogen and oxygen atoms in total. The van der Waals surface area contributed by atoms with Crippen molar-refractivity contribution in [1.82, 2.24) is 0 Å². The molecule has 0 aliphatic heterocycles. The van der Waals surface area contributed by atoms with Gasteiger partial charge < -0.3 is 35.1 Å². The first kappa shape index (κ1) is 40.3. The molecule has 0 spiro atoms. The zero-order valence-electron chi connectivity index (χ0n) is 20.3. The van der Waals surface area contributed by atoms with Crippen molar-refractivity contribution < 1.29 is 70.8 Å². The van der Waals surface area contributed by atoms with Crippen LogP contribution in [-0.4, -0.2) is 71.6 Å². The maximum atomic E-state index is 12.1. The minimum Gasteiger partial charge on any atom is -0.636 e. The average Bonchev–Trinajstić information content (AvgIpc) is 2.75. The largest absolute Gasteiger partial charge is 0.636 e. The van der Waals surface area contributed by atoms with Crippen molar-refractivity contribution >= 4 is 28.3 Å². The molecule has 1 aromatic carbocycles. The summed E-state index contributed by atoms with van der Waals surface area (Å²) in [5.41, 5.74) is 0.908. The van der Waals surface area contributed by atoms with Gasteiger partial charge in [0.15, 0.2) is 13.1 Å². The van der Waals surface area contributed by atoms with E-state index in [1.165, 1.54) is 26.4 Å². The minimum atomic E-state index is -3.96. The number of aryl methyl sites for hydroxylation is 1. The summed E-state index contributed by atoms with van der Waals surface area (Å²) >= 11 is 0. The van der Waals surface area contributed by atoms with Crippen molar-refractivity contribution in [3.8, 4) is 0 Å². The van der Waals surface area contributed by atoms with Gasteiger partial charge in [-0.3, -0.25) is 4.18 Å². The van der Waals surface area contributed by atoms with Crippen LogP contribution in [0.1, 0.15) is 5.56 Å². The van der Waals surface area contributed by atoms with Gasteiger partial charge in [0.1, 0.15) is 6.61 Å². The number of esters is 2. The van der Waals surface area contributed by atoms with Gasteiger partial charge in [0.2, 0.25) is 0 Å². The van der Waals surface area contributed by atoms with Gasteiger partial charge in [-0.15, -0.1) is 7.05 Å². The number of carbonyl (C=O) groups is 3. The normalized spacial score (nSPS) is 9.83. The number of quaternary nitrogens is 1. The number of rotatable bonds is 9. The van der Waals surface area contributed by atoms with Crippen LogP contribution in [0.2, 0.25) is 0 Å². The zero-order chi connectivity index (χ0) is 27.2. The molecular formula is C22H34NO10ReS-5. The number of aldehydes is 1. The predicted molar refractivity (Wildman–Crippen MR) is 124 cm³/mol. The molecule has 0 aliphatic rings. The fraction of sp³-hybridized carbons (Fsp3) is 0.318. The second kappa shape index (κ2) is 23.9. The van der Waals surface area contributed by atoms with E-state index in [0.29, 0.717) is 6.29 Å². The number of ether oxygens (including phenoxy) is 4. The smallest absolute Gasteiger partial charge is 0.327 e. The van der Waals surface area contributed by atoms with Crippen molar-refractivity contribution in [3.63, 3.8) is 0 Å². The summed E-state index contributed by atoms with van der Waals surface area (Å²) < 4.78 is 45.4. The first-order valence-electron chi connectivity index (χ1n) is 9.22. The topological polar surface area (TPSA) is 131 Å². The van der Waals surface area contributed by atoms with Gasteiger partial charge in [-0.2, -0.15) is 22.6 Å². The second-order valence-electron chi connectivity index (χ2n) is 6.25. The Bertz CT molecular complexity index is 766. The fourth-order valence-electron chi connectivity index (χ4n) is 1.97. The fourth-order valence-corrected chi connectivity index (χ4v) is 2.87. The molecule has 1 aromatic rings. The maximum absolute atomic E-state index is 12.1. The van der Waals surface area contributed by atoms with Gasteiger partial charge in [0.25, 0.3) is 10.1 Å². The van der Waals surface area contributed by atoms with Crippen molar-refractivity contribution in [2.75, 3.05) is 40.5 Å². The van der Waals surface area contributed by atoms with Gasteiger partial charge in [0.05, 0.1) is 11.4 Å². The van der Waals surface area contributed by atoms with Gasteiger partial charge in [-0.25, -0.2) is 23.8 Å². The van der Waals surface area contributed by atoms with E-state index in [1.807, 2.05) is 6.92 Å². The van der Waals surface area contributed by atoms with E-state index in [9.17, 15) is 18.0 Å². The molecule has 0 aliphatic carbocycles. The van der Waals surface area contributed by atoms with Crippen LogP contribution in [-0.2, 0) is 68.1 Å². The van der Waals surface area contributed by atoms with Crippen LogP contribution in [0.4, 0.5) is 0 Å². The molecule has 0 bridgehead atoms. The van der Waals surface area contributed by atoms with Crippen LogP contribution in [0.3, 0.4) is 0 Å². The van der Waals surface area contributed by atoms with Gasteiger partial charge in [-0.1, -0.05) is 17.7 Å². The summed E-state index contributed by atoms with van der Waals surface area (Å²) in [7, 11) is 14.8. The Morgan fingerprint density at radius 1 is 0.943 bits per heavy atom. The van der Waals surface area contributed by atoms with E-state index >= 15 is 0 Å². The third-order valence-electron chi connectivity index (χ3n) is 3.36. The van der Waals surface area contributed by atoms with E-state index in [0.717, 1.165) is 5.56 Å². The van der Waals surface area contributed by atoms with E-state index < -0.39 is 26.5 Å². The van der Waals surface area contributed by atoms with Crippen LogP contribution in [0, 0.1) is 49.3 Å². The van der Waals surface area contributed by atoms with Crippen molar-refractivity contribution in [1.29, 1.82) is 0 Å². The molecule has 0 N–H and O–H groups in total. The Kier molecular flexibility index (Phi) is 27.5. The Balaban J connectivity index is -0.000000417. The van der Waals surface area contributed by atoms with Crippen LogP contribution in [0.25, 0.3) is 0 Å². The molecule has 0 fully saturated rings. The Labute approximate surface area is 223 Å². The van der Waals surface area contributed by atoms with E-state index in [2.05, 4.69) is 61.4 Å². The predicted octanol–water partition coefficient (Wildman–Crippen LogP) is 1.84. The first-order chi connectivity index (χ1) is 15.9. The number of carbonyl (C=O) groups excluding carboxylic acids is 3. The molecular weight excluding hydrogens is 657 g/mol. The van der Waals surface area contributed by atoms with Crippen molar-refractivity contribution in [2.24, 2.45) is 0 Å². The number of methoxy groups -OCH3 is 2. The Morgan fingerprint density at radius 2 is 1.29 bits per heavy atom. The Morgan fingerprint density at radius 3 is 1.60 bits per heavy atom. The molecule has 0 heterocycles. The monoisotopic (exact) mass is 691 g/mol. The van der Waals surface area contributed by atoms with Crippen LogP contribution >= 0.6 is 0 Å². The van der Waals surface area contributed by atoms with Crippen LogP contribution < -0.4 is 0 Å². The summed E-state index contributed by atoms with van der Waals surface area (Å²) in [4.78, 5) is 31.6. The molecule has 35 heavy (non-hydrogen) atoms. The summed E-state index contributed by atoms with van der Waals surface area (Å²) in [6.07, 6.45) is 0.500.